The average molecular weight is 296 g/mol. The first-order chi connectivity index (χ1) is 10.8. The minimum atomic E-state index is 0.246. The van der Waals surface area contributed by atoms with Gasteiger partial charge in [-0.2, -0.15) is 4.98 Å². The fraction of sp³-hybridized carbons (Fsp3) is 0.400. The van der Waals surface area contributed by atoms with Gasteiger partial charge in [-0.1, -0.05) is 35.0 Å². The van der Waals surface area contributed by atoms with Gasteiger partial charge in [0.15, 0.2) is 5.82 Å². The summed E-state index contributed by atoms with van der Waals surface area (Å²) >= 11 is 0. The summed E-state index contributed by atoms with van der Waals surface area (Å²) in [7, 11) is 0. The highest BCUT2D eigenvalue weighted by Crippen LogP contribution is 2.28. The molecule has 1 atom stereocenters. The molecule has 1 aliphatic heterocycles. The molecule has 0 fully saturated rings. The topological polar surface area (TPSA) is 82.5 Å². The Hall–Kier alpha value is -2.57. The number of fused-ring (bicyclic) bond motifs is 1. The van der Waals surface area contributed by atoms with Crippen LogP contribution in [-0.2, 0) is 13.0 Å². The second-order valence-electron chi connectivity index (χ2n) is 5.66. The lowest BCUT2D eigenvalue weighted by Gasteiger charge is -2.06. The van der Waals surface area contributed by atoms with Crippen LogP contribution in [0.5, 0.6) is 0 Å². The molecule has 112 valence electrons. The molecular formula is C15H16N6O. The van der Waals surface area contributed by atoms with Crippen LogP contribution in [0.2, 0.25) is 0 Å². The first kappa shape index (κ1) is 13.1. The number of rotatable bonds is 2. The van der Waals surface area contributed by atoms with Crippen molar-refractivity contribution < 1.29 is 4.52 Å². The quantitative estimate of drug-likeness (QED) is 0.720. The maximum atomic E-state index is 5.49. The maximum Gasteiger partial charge on any atom is 0.230 e. The van der Waals surface area contributed by atoms with E-state index in [0.29, 0.717) is 11.7 Å². The Morgan fingerprint density at radius 3 is 2.91 bits per heavy atom. The Bertz CT molecular complexity index is 753. The van der Waals surface area contributed by atoms with Crippen LogP contribution in [0.25, 0.3) is 11.4 Å². The average Bonchev–Trinajstić information content (AvgIpc) is 3.15. The summed E-state index contributed by atoms with van der Waals surface area (Å²) in [6.45, 7) is 2.85. The van der Waals surface area contributed by atoms with Gasteiger partial charge in [0.05, 0.1) is 0 Å². The van der Waals surface area contributed by atoms with Crippen LogP contribution in [-0.4, -0.2) is 30.3 Å². The molecule has 1 unspecified atom stereocenters. The second-order valence-corrected chi connectivity index (χ2v) is 5.66. The summed E-state index contributed by atoms with van der Waals surface area (Å²) in [5.74, 6) is 2.53. The number of aryl methyl sites for hydroxylation is 3. The molecule has 1 aromatic carbocycles. The monoisotopic (exact) mass is 296 g/mol. The minimum absolute atomic E-state index is 0.246. The van der Waals surface area contributed by atoms with Gasteiger partial charge >= 0.3 is 0 Å². The van der Waals surface area contributed by atoms with E-state index in [0.717, 1.165) is 37.2 Å². The lowest BCUT2D eigenvalue weighted by atomic mass is 10.0. The molecule has 0 radical (unpaired) electrons. The third-order valence-corrected chi connectivity index (χ3v) is 4.11. The summed E-state index contributed by atoms with van der Waals surface area (Å²) in [5, 5.41) is 15.9. The van der Waals surface area contributed by atoms with E-state index < -0.39 is 0 Å². The van der Waals surface area contributed by atoms with E-state index in [4.69, 9.17) is 4.52 Å². The van der Waals surface area contributed by atoms with Crippen LogP contribution >= 0.6 is 0 Å². The lowest BCUT2D eigenvalue weighted by molar-refractivity contribution is 0.337. The van der Waals surface area contributed by atoms with Crippen molar-refractivity contribution in [1.29, 1.82) is 0 Å². The molecule has 0 spiro atoms. The van der Waals surface area contributed by atoms with Crippen LogP contribution in [0, 0.1) is 6.92 Å². The zero-order valence-corrected chi connectivity index (χ0v) is 12.3. The molecule has 0 aliphatic carbocycles. The van der Waals surface area contributed by atoms with Gasteiger partial charge < -0.3 is 4.52 Å². The van der Waals surface area contributed by atoms with Gasteiger partial charge in [0.1, 0.15) is 0 Å². The molecule has 7 heteroatoms. The molecule has 0 amide bonds. The summed E-state index contributed by atoms with van der Waals surface area (Å²) in [5.41, 5.74) is 2.19. The van der Waals surface area contributed by atoms with Crippen molar-refractivity contribution in [2.24, 2.45) is 0 Å². The largest absolute Gasteiger partial charge is 0.339 e. The molecule has 0 saturated heterocycles. The first-order valence-electron chi connectivity index (χ1n) is 7.45. The number of hydrogen-bond donors (Lipinski definition) is 0. The fourth-order valence-electron chi connectivity index (χ4n) is 2.77. The van der Waals surface area contributed by atoms with Gasteiger partial charge in [0.2, 0.25) is 11.7 Å². The highest BCUT2D eigenvalue weighted by Gasteiger charge is 2.24. The summed E-state index contributed by atoms with van der Waals surface area (Å²) in [4.78, 5) is 4.58. The van der Waals surface area contributed by atoms with Crippen LogP contribution < -0.4 is 0 Å². The van der Waals surface area contributed by atoms with Gasteiger partial charge in [-0.25, -0.2) is 4.68 Å². The van der Waals surface area contributed by atoms with Crippen molar-refractivity contribution in [3.05, 3.63) is 41.5 Å². The SMILES string of the molecule is Cc1ccc(-c2noc(C3CCc4nnnn4CC3)n2)cc1. The summed E-state index contributed by atoms with van der Waals surface area (Å²) in [6.07, 6.45) is 2.67. The number of aromatic nitrogens is 6. The van der Waals surface area contributed by atoms with E-state index in [1.165, 1.54) is 5.56 Å². The predicted molar refractivity (Wildman–Crippen MR) is 78.0 cm³/mol. The second kappa shape index (κ2) is 5.32. The molecule has 0 bridgehead atoms. The van der Waals surface area contributed by atoms with E-state index in [1.54, 1.807) is 0 Å². The van der Waals surface area contributed by atoms with E-state index >= 15 is 0 Å². The number of tetrazole rings is 1. The Morgan fingerprint density at radius 1 is 1.18 bits per heavy atom. The van der Waals surface area contributed by atoms with E-state index in [9.17, 15) is 0 Å². The predicted octanol–water partition coefficient (Wildman–Crippen LogP) is 2.15. The van der Waals surface area contributed by atoms with Gasteiger partial charge in [0, 0.05) is 24.4 Å². The van der Waals surface area contributed by atoms with Crippen molar-refractivity contribution >= 4 is 0 Å². The third-order valence-electron chi connectivity index (χ3n) is 4.11. The van der Waals surface area contributed by atoms with E-state index in [1.807, 2.05) is 16.8 Å². The molecule has 1 aliphatic rings. The zero-order valence-electron chi connectivity index (χ0n) is 12.3. The molecule has 3 heterocycles. The molecule has 7 nitrogen and oxygen atoms in total. The summed E-state index contributed by atoms with van der Waals surface area (Å²) in [6, 6.07) is 8.13. The van der Waals surface area contributed by atoms with Crippen LogP contribution in [0.15, 0.2) is 28.8 Å². The number of benzene rings is 1. The third kappa shape index (κ3) is 2.38. The maximum absolute atomic E-state index is 5.49. The van der Waals surface area contributed by atoms with E-state index in [-0.39, 0.29) is 5.92 Å². The standard InChI is InChI=1S/C15H16N6O/c1-10-2-4-11(5-3-10)14-16-15(22-18-14)12-6-7-13-17-19-20-21(13)9-8-12/h2-5,12H,6-9H2,1H3. The Morgan fingerprint density at radius 2 is 2.05 bits per heavy atom. The summed E-state index contributed by atoms with van der Waals surface area (Å²) < 4.78 is 7.35. The normalized spacial score (nSPS) is 18.0. The van der Waals surface area contributed by atoms with Crippen LogP contribution in [0.4, 0.5) is 0 Å². The highest BCUT2D eigenvalue weighted by atomic mass is 16.5. The Labute approximate surface area is 127 Å². The van der Waals surface area contributed by atoms with Crippen molar-refractivity contribution in [1.82, 2.24) is 30.3 Å². The minimum Gasteiger partial charge on any atom is -0.339 e. The lowest BCUT2D eigenvalue weighted by Crippen LogP contribution is -2.04. The molecular weight excluding hydrogens is 280 g/mol. The first-order valence-corrected chi connectivity index (χ1v) is 7.45. The van der Waals surface area contributed by atoms with Gasteiger partial charge in [-0.15, -0.1) is 5.10 Å². The van der Waals surface area contributed by atoms with Crippen molar-refractivity contribution in [2.45, 2.75) is 38.6 Å². The smallest absolute Gasteiger partial charge is 0.230 e. The molecule has 0 saturated carbocycles. The zero-order chi connectivity index (χ0) is 14.9. The number of nitrogens with zero attached hydrogens (tertiary/aromatic N) is 6. The molecule has 3 aromatic rings. The molecule has 22 heavy (non-hydrogen) atoms. The van der Waals surface area contributed by atoms with E-state index in [2.05, 4.69) is 44.7 Å². The highest BCUT2D eigenvalue weighted by molar-refractivity contribution is 5.54. The van der Waals surface area contributed by atoms with Gasteiger partial charge in [-0.3, -0.25) is 0 Å². The molecule has 2 aromatic heterocycles. The fourth-order valence-corrected chi connectivity index (χ4v) is 2.77. The van der Waals surface area contributed by atoms with Gasteiger partial charge in [-0.05, 0) is 30.2 Å². The van der Waals surface area contributed by atoms with Crippen LogP contribution in [0.3, 0.4) is 0 Å². The Balaban J connectivity index is 1.54. The van der Waals surface area contributed by atoms with Crippen molar-refractivity contribution in [3.63, 3.8) is 0 Å². The number of hydrogen-bond acceptors (Lipinski definition) is 6. The van der Waals surface area contributed by atoms with Crippen molar-refractivity contribution in [2.75, 3.05) is 0 Å². The van der Waals surface area contributed by atoms with Crippen molar-refractivity contribution in [3.8, 4) is 11.4 Å². The van der Waals surface area contributed by atoms with Gasteiger partial charge in [0.25, 0.3) is 0 Å². The molecule has 4 rings (SSSR count). The Kier molecular flexibility index (Phi) is 3.17. The van der Waals surface area contributed by atoms with Crippen LogP contribution in [0.1, 0.15) is 36.0 Å². The molecule has 0 N–H and O–H groups in total.